The van der Waals surface area contributed by atoms with E-state index in [-0.39, 0.29) is 24.8 Å². The lowest BCUT2D eigenvalue weighted by atomic mass is 10.1. The third-order valence-electron chi connectivity index (χ3n) is 5.49. The average Bonchev–Trinajstić information content (AvgIpc) is 3.24. The number of aromatic amines is 2. The monoisotopic (exact) mass is 480 g/mol. The van der Waals surface area contributed by atoms with Crippen LogP contribution in [0.25, 0.3) is 22.4 Å². The summed E-state index contributed by atoms with van der Waals surface area (Å²) < 4.78 is 5.10. The zero-order chi connectivity index (χ0) is 24.2. The molecule has 4 aromatic rings. The zero-order valence-electron chi connectivity index (χ0n) is 18.8. The third kappa shape index (κ3) is 4.83. The Labute approximate surface area is 201 Å². The first-order chi connectivity index (χ1) is 16.4. The van der Waals surface area contributed by atoms with E-state index >= 15 is 0 Å². The number of H-pyrrole nitrogens is 2. The third-order valence-corrected chi connectivity index (χ3v) is 5.86. The Balaban J connectivity index is 1.71. The lowest BCUT2D eigenvalue weighted by Gasteiger charge is -2.19. The second kappa shape index (κ2) is 10.1. The molecule has 1 atom stereocenters. The normalized spacial score (nSPS) is 12.0. The van der Waals surface area contributed by atoms with Gasteiger partial charge in [0, 0.05) is 11.2 Å². The topological polar surface area (TPSA) is 120 Å². The summed E-state index contributed by atoms with van der Waals surface area (Å²) in [4.78, 5) is 35.5. The molecule has 4 N–H and O–H groups in total. The standard InChI is InChI=1S/C25H25ClN4O4/c1-3-34-25(33)16-10-14(2)22-20(12-16)29-23(30-22)21-19(8-9-27-24(21)32)28-17(13-31)11-15-6-4-5-7-18(15)26/h4-10,12,17,31H,3,11,13H2,1-2H3,(H,29,30)(H2,27,28,32)/t17-/m0/s1. The molecule has 0 bridgehead atoms. The fourth-order valence-corrected chi connectivity index (χ4v) is 4.10. The van der Waals surface area contributed by atoms with Crippen LogP contribution in [0.1, 0.15) is 28.4 Å². The maximum Gasteiger partial charge on any atom is 0.338 e. The van der Waals surface area contributed by atoms with Gasteiger partial charge >= 0.3 is 5.97 Å². The van der Waals surface area contributed by atoms with Crippen LogP contribution in [0.4, 0.5) is 5.69 Å². The van der Waals surface area contributed by atoms with Crippen molar-refractivity contribution >= 4 is 34.3 Å². The van der Waals surface area contributed by atoms with E-state index in [4.69, 9.17) is 16.3 Å². The Morgan fingerprint density at radius 1 is 1.26 bits per heavy atom. The molecule has 2 heterocycles. The van der Waals surface area contributed by atoms with Crippen molar-refractivity contribution in [3.8, 4) is 11.4 Å². The number of fused-ring (bicyclic) bond motifs is 1. The van der Waals surface area contributed by atoms with Crippen molar-refractivity contribution < 1.29 is 14.6 Å². The molecule has 0 aliphatic rings. The molecule has 0 unspecified atom stereocenters. The highest BCUT2D eigenvalue weighted by molar-refractivity contribution is 6.31. The van der Waals surface area contributed by atoms with Gasteiger partial charge in [-0.2, -0.15) is 0 Å². The number of hydrogen-bond acceptors (Lipinski definition) is 6. The van der Waals surface area contributed by atoms with Gasteiger partial charge in [0.25, 0.3) is 5.56 Å². The van der Waals surface area contributed by atoms with Crippen LogP contribution in [0.2, 0.25) is 5.02 Å². The number of pyridine rings is 1. The highest BCUT2D eigenvalue weighted by Crippen LogP contribution is 2.28. The van der Waals surface area contributed by atoms with E-state index in [0.717, 1.165) is 11.1 Å². The predicted molar refractivity (Wildman–Crippen MR) is 132 cm³/mol. The number of halogens is 1. The van der Waals surface area contributed by atoms with Gasteiger partial charge in [0.15, 0.2) is 0 Å². The molecule has 0 spiro atoms. The maximum atomic E-state index is 12.8. The Morgan fingerprint density at radius 2 is 2.06 bits per heavy atom. The van der Waals surface area contributed by atoms with E-state index in [9.17, 15) is 14.7 Å². The number of rotatable bonds is 8. The number of aliphatic hydroxyl groups excluding tert-OH is 1. The van der Waals surface area contributed by atoms with Crippen molar-refractivity contribution in [2.45, 2.75) is 26.3 Å². The summed E-state index contributed by atoms with van der Waals surface area (Å²) in [5.41, 5.74) is 3.79. The quantitative estimate of drug-likeness (QED) is 0.282. The minimum atomic E-state index is -0.422. The largest absolute Gasteiger partial charge is 0.462 e. The van der Waals surface area contributed by atoms with E-state index in [1.807, 2.05) is 25.1 Å². The number of aromatic nitrogens is 3. The van der Waals surface area contributed by atoms with Crippen molar-refractivity contribution in [3.05, 3.63) is 80.7 Å². The molecule has 2 aromatic carbocycles. The first-order valence-corrected chi connectivity index (χ1v) is 11.3. The van der Waals surface area contributed by atoms with Crippen LogP contribution in [0.5, 0.6) is 0 Å². The summed E-state index contributed by atoms with van der Waals surface area (Å²) in [5, 5.41) is 13.9. The van der Waals surface area contributed by atoms with Gasteiger partial charge in [0.1, 0.15) is 11.4 Å². The summed E-state index contributed by atoms with van der Waals surface area (Å²) in [6.07, 6.45) is 2.00. The molecular weight excluding hydrogens is 456 g/mol. The number of ether oxygens (including phenoxy) is 1. The van der Waals surface area contributed by atoms with Crippen molar-refractivity contribution in [2.75, 3.05) is 18.5 Å². The Kier molecular flexibility index (Phi) is 7.00. The molecule has 0 saturated heterocycles. The number of nitrogens with one attached hydrogen (secondary N) is 3. The van der Waals surface area contributed by atoms with Gasteiger partial charge < -0.3 is 25.1 Å². The van der Waals surface area contributed by atoms with Crippen LogP contribution >= 0.6 is 11.6 Å². The molecule has 9 heteroatoms. The first-order valence-electron chi connectivity index (χ1n) is 10.9. The Bertz CT molecular complexity index is 1400. The summed E-state index contributed by atoms with van der Waals surface area (Å²) in [6.45, 7) is 3.70. The first kappa shape index (κ1) is 23.5. The Hall–Kier alpha value is -3.62. The number of carbonyl (C=O) groups is 1. The van der Waals surface area contributed by atoms with Crippen LogP contribution in [0.3, 0.4) is 0 Å². The van der Waals surface area contributed by atoms with Crippen LogP contribution in [0.15, 0.2) is 53.5 Å². The summed E-state index contributed by atoms with van der Waals surface area (Å²) in [6, 6.07) is 12.1. The van der Waals surface area contributed by atoms with Crippen molar-refractivity contribution in [1.29, 1.82) is 0 Å². The molecular formula is C25H25ClN4O4. The van der Waals surface area contributed by atoms with Crippen LogP contribution < -0.4 is 10.9 Å². The smallest absolute Gasteiger partial charge is 0.338 e. The van der Waals surface area contributed by atoms with E-state index < -0.39 is 5.97 Å². The number of nitrogens with zero attached hydrogens (tertiary/aromatic N) is 1. The van der Waals surface area contributed by atoms with Crippen molar-refractivity contribution in [3.63, 3.8) is 0 Å². The number of anilines is 1. The number of esters is 1. The molecule has 0 saturated carbocycles. The van der Waals surface area contributed by atoms with Gasteiger partial charge in [0.05, 0.1) is 41.5 Å². The number of hydrogen-bond donors (Lipinski definition) is 4. The number of aryl methyl sites for hydroxylation is 1. The van der Waals surface area contributed by atoms with E-state index in [1.165, 1.54) is 6.20 Å². The molecule has 2 aromatic heterocycles. The molecule has 0 aliphatic carbocycles. The maximum absolute atomic E-state index is 12.8. The van der Waals surface area contributed by atoms with Crippen LogP contribution in [0, 0.1) is 6.92 Å². The molecule has 0 fully saturated rings. The lowest BCUT2D eigenvalue weighted by Crippen LogP contribution is -2.28. The number of benzene rings is 2. The summed E-state index contributed by atoms with van der Waals surface area (Å²) in [5.74, 6) is -0.0770. The molecule has 0 aliphatic heterocycles. The van der Waals surface area contributed by atoms with E-state index in [1.54, 1.807) is 31.2 Å². The second-order valence-corrected chi connectivity index (χ2v) is 8.32. The van der Waals surface area contributed by atoms with Crippen LogP contribution in [-0.2, 0) is 11.2 Å². The van der Waals surface area contributed by atoms with Gasteiger partial charge in [-0.1, -0.05) is 29.8 Å². The zero-order valence-corrected chi connectivity index (χ0v) is 19.6. The molecule has 8 nitrogen and oxygen atoms in total. The molecule has 176 valence electrons. The van der Waals surface area contributed by atoms with Gasteiger partial charge in [-0.3, -0.25) is 4.79 Å². The van der Waals surface area contributed by atoms with Gasteiger partial charge in [-0.05, 0) is 55.7 Å². The van der Waals surface area contributed by atoms with Crippen molar-refractivity contribution in [2.24, 2.45) is 0 Å². The minimum Gasteiger partial charge on any atom is -0.462 e. The fraction of sp³-hybridized carbons (Fsp3) is 0.240. The predicted octanol–water partition coefficient (Wildman–Crippen LogP) is 4.07. The molecule has 0 amide bonds. The van der Waals surface area contributed by atoms with Crippen LogP contribution in [-0.4, -0.2) is 45.3 Å². The summed E-state index contributed by atoms with van der Waals surface area (Å²) >= 11 is 6.28. The number of carbonyl (C=O) groups excluding carboxylic acids is 1. The molecule has 34 heavy (non-hydrogen) atoms. The second-order valence-electron chi connectivity index (χ2n) is 7.91. The molecule has 4 rings (SSSR count). The highest BCUT2D eigenvalue weighted by atomic mass is 35.5. The fourth-order valence-electron chi connectivity index (χ4n) is 3.89. The number of aliphatic hydroxyl groups is 1. The van der Waals surface area contributed by atoms with E-state index in [2.05, 4.69) is 20.3 Å². The molecule has 0 radical (unpaired) electrons. The van der Waals surface area contributed by atoms with E-state index in [0.29, 0.717) is 45.1 Å². The highest BCUT2D eigenvalue weighted by Gasteiger charge is 2.19. The minimum absolute atomic E-state index is 0.167. The number of imidazole rings is 1. The van der Waals surface area contributed by atoms with Gasteiger partial charge in [0.2, 0.25) is 0 Å². The Morgan fingerprint density at radius 3 is 2.79 bits per heavy atom. The SMILES string of the molecule is CCOC(=O)c1cc(C)c2nc(-c3c(N[C@H](CO)Cc4ccccc4Cl)cc[nH]c3=O)[nH]c2c1. The average molecular weight is 481 g/mol. The lowest BCUT2D eigenvalue weighted by molar-refractivity contribution is 0.0526. The summed E-state index contributed by atoms with van der Waals surface area (Å²) in [7, 11) is 0. The van der Waals surface area contributed by atoms with Gasteiger partial charge in [-0.25, -0.2) is 9.78 Å². The van der Waals surface area contributed by atoms with Gasteiger partial charge in [-0.15, -0.1) is 0 Å². The van der Waals surface area contributed by atoms with Crippen molar-refractivity contribution in [1.82, 2.24) is 15.0 Å².